The molecule has 102 valence electrons. The van der Waals surface area contributed by atoms with E-state index in [0.29, 0.717) is 18.0 Å². The number of likely N-dealkylation sites (N-methyl/N-ethyl adjacent to an activating group) is 1. The number of carbonyl (C=O) groups excluding carboxylic acids is 2. The highest BCUT2D eigenvalue weighted by Crippen LogP contribution is 2.19. The second-order valence-corrected chi connectivity index (χ2v) is 4.52. The fraction of sp³-hybridized carbons (Fsp3) is 0.385. The lowest BCUT2D eigenvalue weighted by Crippen LogP contribution is -2.37. The van der Waals surface area contributed by atoms with E-state index < -0.39 is 6.03 Å². The molecule has 0 radical (unpaired) electrons. The van der Waals surface area contributed by atoms with Crippen molar-refractivity contribution in [1.29, 1.82) is 0 Å². The number of hydrogen-bond donors (Lipinski definition) is 1. The number of anilines is 1. The van der Waals surface area contributed by atoms with Crippen LogP contribution in [0.5, 0.6) is 5.75 Å². The maximum Gasteiger partial charge on any atom is 0.330 e. The van der Waals surface area contributed by atoms with E-state index in [1.54, 1.807) is 43.3 Å². The predicted molar refractivity (Wildman–Crippen MR) is 71.3 cm³/mol. The van der Waals surface area contributed by atoms with E-state index in [2.05, 4.69) is 5.32 Å². The fourth-order valence-corrected chi connectivity index (χ4v) is 1.91. The van der Waals surface area contributed by atoms with Crippen LogP contribution in [0.25, 0.3) is 0 Å². The monoisotopic (exact) mass is 263 g/mol. The molecule has 1 aromatic rings. The number of ether oxygens (including phenoxy) is 1. The maximum atomic E-state index is 12.0. The number of carbonyl (C=O) groups is 2. The summed E-state index contributed by atoms with van der Waals surface area (Å²) in [6.07, 6.45) is 0. The van der Waals surface area contributed by atoms with Crippen molar-refractivity contribution in [2.75, 3.05) is 26.0 Å². The number of nitrogens with zero attached hydrogens (tertiary/aromatic N) is 2. The van der Waals surface area contributed by atoms with E-state index in [0.717, 1.165) is 0 Å². The zero-order valence-electron chi connectivity index (χ0n) is 11.2. The molecule has 0 bridgehead atoms. The van der Waals surface area contributed by atoms with Gasteiger partial charge in [-0.25, -0.2) is 14.5 Å². The molecule has 0 spiro atoms. The van der Waals surface area contributed by atoms with Crippen LogP contribution in [0.3, 0.4) is 0 Å². The SMILES string of the molecule is COc1cccc(NC(=O)N2CC(C)N(C)C2=O)c1. The summed E-state index contributed by atoms with van der Waals surface area (Å²) < 4.78 is 5.08. The van der Waals surface area contributed by atoms with Gasteiger partial charge in [0.25, 0.3) is 0 Å². The fourth-order valence-electron chi connectivity index (χ4n) is 1.91. The third kappa shape index (κ3) is 2.62. The lowest BCUT2D eigenvalue weighted by molar-refractivity contribution is 0.194. The minimum atomic E-state index is -0.422. The molecule has 0 saturated carbocycles. The number of benzene rings is 1. The van der Waals surface area contributed by atoms with Gasteiger partial charge in [-0.15, -0.1) is 0 Å². The van der Waals surface area contributed by atoms with Gasteiger partial charge in [0, 0.05) is 24.8 Å². The van der Waals surface area contributed by atoms with E-state index in [-0.39, 0.29) is 12.1 Å². The summed E-state index contributed by atoms with van der Waals surface area (Å²) in [7, 11) is 3.24. The van der Waals surface area contributed by atoms with E-state index >= 15 is 0 Å². The first-order chi connectivity index (χ1) is 9.02. The molecule has 2 rings (SSSR count). The lowest BCUT2D eigenvalue weighted by Gasteiger charge is -2.15. The molecular weight excluding hydrogens is 246 g/mol. The molecule has 19 heavy (non-hydrogen) atoms. The first kappa shape index (κ1) is 13.2. The minimum Gasteiger partial charge on any atom is -0.497 e. The number of urea groups is 2. The van der Waals surface area contributed by atoms with Crippen LogP contribution < -0.4 is 10.1 Å². The van der Waals surface area contributed by atoms with Crippen molar-refractivity contribution in [1.82, 2.24) is 9.80 Å². The highest BCUT2D eigenvalue weighted by molar-refractivity contribution is 6.01. The summed E-state index contributed by atoms with van der Waals surface area (Å²) in [5.74, 6) is 0.649. The molecular formula is C13H17N3O3. The van der Waals surface area contributed by atoms with Crippen LogP contribution in [0.4, 0.5) is 15.3 Å². The van der Waals surface area contributed by atoms with Crippen LogP contribution >= 0.6 is 0 Å². The van der Waals surface area contributed by atoms with Crippen LogP contribution in [0, 0.1) is 0 Å². The second-order valence-electron chi connectivity index (χ2n) is 4.52. The average molecular weight is 263 g/mol. The van der Waals surface area contributed by atoms with E-state index in [1.165, 1.54) is 4.90 Å². The number of methoxy groups -OCH3 is 1. The molecule has 0 aromatic heterocycles. The summed E-state index contributed by atoms with van der Waals surface area (Å²) in [6, 6.07) is 6.33. The van der Waals surface area contributed by atoms with Gasteiger partial charge < -0.3 is 15.0 Å². The van der Waals surface area contributed by atoms with Gasteiger partial charge in [0.05, 0.1) is 13.7 Å². The topological polar surface area (TPSA) is 61.9 Å². The third-order valence-electron chi connectivity index (χ3n) is 3.21. The number of hydrogen-bond acceptors (Lipinski definition) is 3. The van der Waals surface area contributed by atoms with Crippen molar-refractivity contribution in [3.05, 3.63) is 24.3 Å². The Labute approximate surface area is 111 Å². The van der Waals surface area contributed by atoms with Crippen molar-refractivity contribution in [2.45, 2.75) is 13.0 Å². The van der Waals surface area contributed by atoms with Gasteiger partial charge in [0.15, 0.2) is 0 Å². The van der Waals surface area contributed by atoms with Gasteiger partial charge in [0.1, 0.15) is 5.75 Å². The van der Waals surface area contributed by atoms with Crippen LogP contribution in [0.1, 0.15) is 6.92 Å². The highest BCUT2D eigenvalue weighted by Gasteiger charge is 2.35. The van der Waals surface area contributed by atoms with Crippen molar-refractivity contribution >= 4 is 17.7 Å². The summed E-state index contributed by atoms with van der Waals surface area (Å²) in [6.45, 7) is 2.29. The molecule has 4 amide bonds. The zero-order chi connectivity index (χ0) is 14.0. The smallest absolute Gasteiger partial charge is 0.330 e. The highest BCUT2D eigenvalue weighted by atomic mass is 16.5. The Hall–Kier alpha value is -2.24. The minimum absolute atomic E-state index is 0.0311. The Morgan fingerprint density at radius 3 is 2.79 bits per heavy atom. The molecule has 1 fully saturated rings. The maximum absolute atomic E-state index is 12.0. The number of imide groups is 1. The molecule has 1 saturated heterocycles. The van der Waals surface area contributed by atoms with Gasteiger partial charge >= 0.3 is 12.1 Å². The van der Waals surface area contributed by atoms with Gasteiger partial charge in [0.2, 0.25) is 0 Å². The summed E-state index contributed by atoms with van der Waals surface area (Å²) in [5, 5.41) is 2.69. The molecule has 1 aliphatic rings. The van der Waals surface area contributed by atoms with Crippen molar-refractivity contribution in [2.24, 2.45) is 0 Å². The third-order valence-corrected chi connectivity index (χ3v) is 3.21. The normalized spacial score (nSPS) is 18.7. The Kier molecular flexibility index (Phi) is 3.59. The van der Waals surface area contributed by atoms with E-state index in [4.69, 9.17) is 4.74 Å². The molecule has 1 N–H and O–H groups in total. The molecule has 6 nitrogen and oxygen atoms in total. The van der Waals surface area contributed by atoms with Crippen molar-refractivity contribution in [3.63, 3.8) is 0 Å². The first-order valence-corrected chi connectivity index (χ1v) is 6.02. The van der Waals surface area contributed by atoms with Crippen LogP contribution in [0.2, 0.25) is 0 Å². The van der Waals surface area contributed by atoms with Crippen LogP contribution in [0.15, 0.2) is 24.3 Å². The molecule has 1 atom stereocenters. The summed E-state index contributed by atoms with van der Waals surface area (Å²) >= 11 is 0. The first-order valence-electron chi connectivity index (χ1n) is 6.02. The lowest BCUT2D eigenvalue weighted by atomic mass is 10.3. The molecule has 1 unspecified atom stereocenters. The predicted octanol–water partition coefficient (Wildman–Crippen LogP) is 1.98. The Morgan fingerprint density at radius 1 is 1.47 bits per heavy atom. The molecule has 1 aromatic carbocycles. The van der Waals surface area contributed by atoms with Crippen LogP contribution in [-0.4, -0.2) is 48.6 Å². The van der Waals surface area contributed by atoms with Crippen molar-refractivity contribution < 1.29 is 14.3 Å². The second kappa shape index (κ2) is 5.17. The largest absolute Gasteiger partial charge is 0.497 e. The van der Waals surface area contributed by atoms with Crippen molar-refractivity contribution in [3.8, 4) is 5.75 Å². The van der Waals surface area contributed by atoms with Gasteiger partial charge in [-0.1, -0.05) is 6.07 Å². The van der Waals surface area contributed by atoms with Gasteiger partial charge in [-0.3, -0.25) is 0 Å². The quantitative estimate of drug-likeness (QED) is 0.887. The van der Waals surface area contributed by atoms with E-state index in [9.17, 15) is 9.59 Å². The Morgan fingerprint density at radius 2 is 2.21 bits per heavy atom. The Bertz CT molecular complexity index is 504. The molecule has 1 heterocycles. The number of nitrogens with one attached hydrogen (secondary N) is 1. The number of rotatable bonds is 2. The zero-order valence-corrected chi connectivity index (χ0v) is 11.2. The standard InChI is InChI=1S/C13H17N3O3/c1-9-8-16(13(18)15(9)2)12(17)14-10-5-4-6-11(7-10)19-3/h4-7,9H,8H2,1-3H3,(H,14,17). The molecule has 0 aliphatic carbocycles. The average Bonchev–Trinajstić information content (AvgIpc) is 2.67. The number of amides is 4. The summed E-state index contributed by atoms with van der Waals surface area (Å²) in [5.41, 5.74) is 0.597. The summed E-state index contributed by atoms with van der Waals surface area (Å²) in [4.78, 5) is 26.6. The van der Waals surface area contributed by atoms with E-state index in [1.807, 2.05) is 6.92 Å². The molecule has 6 heteroatoms. The Balaban J connectivity index is 2.07. The van der Waals surface area contributed by atoms with Crippen LogP contribution in [-0.2, 0) is 0 Å². The van der Waals surface area contributed by atoms with Gasteiger partial charge in [-0.05, 0) is 19.1 Å². The molecule has 1 aliphatic heterocycles. The van der Waals surface area contributed by atoms with Gasteiger partial charge in [-0.2, -0.15) is 0 Å².